The van der Waals surface area contributed by atoms with Crippen LogP contribution in [0.25, 0.3) is 11.3 Å². The SMILES string of the molecule is Cc1ccc(NC(=O)[C@@H]2CCCN(C(=O)c3cc(-c4cccnc4)n[nH]3)C2)cc1. The number of anilines is 1. The van der Waals surface area contributed by atoms with E-state index in [9.17, 15) is 9.59 Å². The maximum atomic E-state index is 12.9. The van der Waals surface area contributed by atoms with Crippen molar-refractivity contribution in [2.45, 2.75) is 19.8 Å². The van der Waals surface area contributed by atoms with Crippen LogP contribution in [-0.2, 0) is 4.79 Å². The Kier molecular flexibility index (Phi) is 5.37. The molecule has 3 aromatic rings. The molecular weight excluding hydrogens is 366 g/mol. The van der Waals surface area contributed by atoms with E-state index in [4.69, 9.17) is 0 Å². The zero-order chi connectivity index (χ0) is 20.2. The van der Waals surface area contributed by atoms with E-state index in [1.807, 2.05) is 43.3 Å². The number of aromatic nitrogens is 3. The van der Waals surface area contributed by atoms with Gasteiger partial charge in [-0.05, 0) is 50.1 Å². The third-order valence-electron chi connectivity index (χ3n) is 5.16. The number of likely N-dealkylation sites (tertiary alicyclic amines) is 1. The molecular formula is C22H23N5O2. The van der Waals surface area contributed by atoms with Crippen LogP contribution in [0.2, 0.25) is 0 Å². The molecule has 2 amide bonds. The maximum Gasteiger partial charge on any atom is 0.271 e. The van der Waals surface area contributed by atoms with E-state index in [0.29, 0.717) is 24.5 Å². The summed E-state index contributed by atoms with van der Waals surface area (Å²) in [6.07, 6.45) is 4.96. The molecule has 1 aliphatic heterocycles. The number of aromatic amines is 1. The standard InChI is InChI=1S/C22H23N5O2/c1-15-6-8-18(9-7-15)24-21(28)17-5-3-11-27(14-17)22(29)20-12-19(25-26-20)16-4-2-10-23-13-16/h2,4,6-10,12-13,17H,3,5,11,14H2,1H3,(H,24,28)(H,25,26)/t17-/m1/s1. The predicted octanol–water partition coefficient (Wildman–Crippen LogP) is 3.27. The smallest absolute Gasteiger partial charge is 0.271 e. The fourth-order valence-corrected chi connectivity index (χ4v) is 3.52. The number of piperidine rings is 1. The van der Waals surface area contributed by atoms with Crippen LogP contribution in [-0.4, -0.2) is 45.0 Å². The fourth-order valence-electron chi connectivity index (χ4n) is 3.52. The van der Waals surface area contributed by atoms with Gasteiger partial charge < -0.3 is 10.2 Å². The van der Waals surface area contributed by atoms with Gasteiger partial charge in [0.2, 0.25) is 5.91 Å². The number of hydrogen-bond acceptors (Lipinski definition) is 4. The molecule has 0 radical (unpaired) electrons. The summed E-state index contributed by atoms with van der Waals surface area (Å²) in [5.41, 5.74) is 3.86. The van der Waals surface area contributed by atoms with Gasteiger partial charge in [0.25, 0.3) is 5.91 Å². The molecule has 7 heteroatoms. The van der Waals surface area contributed by atoms with Crippen molar-refractivity contribution in [3.05, 3.63) is 66.1 Å². The van der Waals surface area contributed by atoms with E-state index in [1.165, 1.54) is 0 Å². The molecule has 2 aromatic heterocycles. The largest absolute Gasteiger partial charge is 0.337 e. The average Bonchev–Trinajstić information content (AvgIpc) is 3.26. The number of carbonyl (C=O) groups excluding carboxylic acids is 2. The quantitative estimate of drug-likeness (QED) is 0.716. The van der Waals surface area contributed by atoms with Gasteiger partial charge in [-0.1, -0.05) is 17.7 Å². The van der Waals surface area contributed by atoms with Crippen molar-refractivity contribution in [2.75, 3.05) is 18.4 Å². The molecule has 0 saturated carbocycles. The van der Waals surface area contributed by atoms with Crippen molar-refractivity contribution in [3.8, 4) is 11.3 Å². The van der Waals surface area contributed by atoms with Gasteiger partial charge in [0.05, 0.1) is 11.6 Å². The topological polar surface area (TPSA) is 91.0 Å². The molecule has 4 rings (SSSR count). The minimum absolute atomic E-state index is 0.0491. The molecule has 0 spiro atoms. The molecule has 3 heterocycles. The molecule has 2 N–H and O–H groups in total. The lowest BCUT2D eigenvalue weighted by molar-refractivity contribution is -0.121. The van der Waals surface area contributed by atoms with Gasteiger partial charge >= 0.3 is 0 Å². The number of amides is 2. The lowest BCUT2D eigenvalue weighted by atomic mass is 9.96. The monoisotopic (exact) mass is 389 g/mol. The molecule has 1 aliphatic rings. The van der Waals surface area contributed by atoms with E-state index >= 15 is 0 Å². The molecule has 7 nitrogen and oxygen atoms in total. The summed E-state index contributed by atoms with van der Waals surface area (Å²) in [5, 5.41) is 10.0. The maximum absolute atomic E-state index is 12.9. The summed E-state index contributed by atoms with van der Waals surface area (Å²) in [4.78, 5) is 31.4. The van der Waals surface area contributed by atoms with Gasteiger partial charge in [0.1, 0.15) is 5.69 Å². The van der Waals surface area contributed by atoms with E-state index in [1.54, 1.807) is 23.4 Å². The van der Waals surface area contributed by atoms with E-state index in [-0.39, 0.29) is 17.7 Å². The second kappa shape index (κ2) is 8.26. The van der Waals surface area contributed by atoms with Gasteiger partial charge in [0, 0.05) is 36.7 Å². The number of benzene rings is 1. The second-order valence-electron chi connectivity index (χ2n) is 7.35. The van der Waals surface area contributed by atoms with Crippen molar-refractivity contribution in [3.63, 3.8) is 0 Å². The van der Waals surface area contributed by atoms with E-state index < -0.39 is 0 Å². The molecule has 0 unspecified atom stereocenters. The Morgan fingerprint density at radius 1 is 1.21 bits per heavy atom. The number of carbonyl (C=O) groups is 2. The Bertz CT molecular complexity index is 998. The molecule has 1 aromatic carbocycles. The van der Waals surface area contributed by atoms with Crippen molar-refractivity contribution in [1.82, 2.24) is 20.1 Å². The normalized spacial score (nSPS) is 16.4. The zero-order valence-corrected chi connectivity index (χ0v) is 16.3. The highest BCUT2D eigenvalue weighted by molar-refractivity contribution is 5.95. The second-order valence-corrected chi connectivity index (χ2v) is 7.35. The molecule has 0 bridgehead atoms. The van der Waals surface area contributed by atoms with Gasteiger partial charge in [-0.15, -0.1) is 0 Å². The van der Waals surface area contributed by atoms with E-state index in [0.717, 1.165) is 29.7 Å². The Hall–Kier alpha value is -3.48. The minimum atomic E-state index is -0.227. The summed E-state index contributed by atoms with van der Waals surface area (Å²) in [7, 11) is 0. The highest BCUT2D eigenvalue weighted by Gasteiger charge is 2.29. The van der Waals surface area contributed by atoms with Crippen LogP contribution in [0.5, 0.6) is 0 Å². The summed E-state index contributed by atoms with van der Waals surface area (Å²) >= 11 is 0. The van der Waals surface area contributed by atoms with E-state index in [2.05, 4.69) is 20.5 Å². The third-order valence-corrected chi connectivity index (χ3v) is 5.16. The number of pyridine rings is 1. The average molecular weight is 389 g/mol. The summed E-state index contributed by atoms with van der Waals surface area (Å²) in [6.45, 7) is 3.04. The van der Waals surface area contributed by atoms with Crippen molar-refractivity contribution in [1.29, 1.82) is 0 Å². The first-order valence-electron chi connectivity index (χ1n) is 9.73. The Morgan fingerprint density at radius 3 is 2.79 bits per heavy atom. The number of rotatable bonds is 4. The number of nitrogens with zero attached hydrogens (tertiary/aromatic N) is 3. The first-order chi connectivity index (χ1) is 14.1. The predicted molar refractivity (Wildman–Crippen MR) is 110 cm³/mol. The molecule has 1 fully saturated rings. The highest BCUT2D eigenvalue weighted by Crippen LogP contribution is 2.22. The molecule has 148 valence electrons. The van der Waals surface area contributed by atoms with Crippen LogP contribution in [0.1, 0.15) is 28.9 Å². The number of H-pyrrole nitrogens is 1. The van der Waals surface area contributed by atoms with Crippen molar-refractivity contribution in [2.24, 2.45) is 5.92 Å². The van der Waals surface area contributed by atoms with Gasteiger partial charge in [-0.2, -0.15) is 5.10 Å². The van der Waals surface area contributed by atoms with Crippen LogP contribution >= 0.6 is 0 Å². The lowest BCUT2D eigenvalue weighted by Crippen LogP contribution is -2.43. The molecule has 0 aliphatic carbocycles. The van der Waals surface area contributed by atoms with Crippen molar-refractivity contribution >= 4 is 17.5 Å². The fraction of sp³-hybridized carbons (Fsp3) is 0.273. The number of hydrogen-bond donors (Lipinski definition) is 2. The molecule has 1 atom stereocenters. The molecule has 1 saturated heterocycles. The minimum Gasteiger partial charge on any atom is -0.337 e. The van der Waals surface area contributed by atoms with Crippen LogP contribution in [0, 0.1) is 12.8 Å². The summed E-state index contributed by atoms with van der Waals surface area (Å²) in [5.74, 6) is -0.415. The van der Waals surface area contributed by atoms with Crippen LogP contribution in [0.15, 0.2) is 54.9 Å². The first kappa shape index (κ1) is 18.9. The number of nitrogens with one attached hydrogen (secondary N) is 2. The van der Waals surface area contributed by atoms with Gasteiger partial charge in [0.15, 0.2) is 0 Å². The van der Waals surface area contributed by atoms with Crippen molar-refractivity contribution < 1.29 is 9.59 Å². The van der Waals surface area contributed by atoms with Crippen LogP contribution in [0.4, 0.5) is 5.69 Å². The first-order valence-corrected chi connectivity index (χ1v) is 9.73. The number of aryl methyl sites for hydroxylation is 1. The molecule has 29 heavy (non-hydrogen) atoms. The summed E-state index contributed by atoms with van der Waals surface area (Å²) in [6, 6.07) is 13.2. The summed E-state index contributed by atoms with van der Waals surface area (Å²) < 4.78 is 0. The Morgan fingerprint density at radius 2 is 2.03 bits per heavy atom. The third kappa shape index (κ3) is 4.34. The van der Waals surface area contributed by atoms with Crippen LogP contribution in [0.3, 0.4) is 0 Å². The zero-order valence-electron chi connectivity index (χ0n) is 16.3. The Balaban J connectivity index is 1.41. The van der Waals surface area contributed by atoms with Gasteiger partial charge in [-0.25, -0.2) is 0 Å². The Labute approximate surface area is 169 Å². The van der Waals surface area contributed by atoms with Crippen LogP contribution < -0.4 is 5.32 Å². The lowest BCUT2D eigenvalue weighted by Gasteiger charge is -2.31. The van der Waals surface area contributed by atoms with Gasteiger partial charge in [-0.3, -0.25) is 19.7 Å². The highest BCUT2D eigenvalue weighted by atomic mass is 16.2.